The normalized spacial score (nSPS) is 16.4. The SMILES string of the molecule is O=C(Cc1cccc(F)c1F)CC1CCCC1. The van der Waals surface area contributed by atoms with E-state index in [1.165, 1.54) is 25.0 Å². The molecular formula is C14H16F2O. The van der Waals surface area contributed by atoms with Gasteiger partial charge in [-0.3, -0.25) is 4.79 Å². The first-order valence-electron chi connectivity index (χ1n) is 6.11. The van der Waals surface area contributed by atoms with Gasteiger partial charge >= 0.3 is 0 Å². The lowest BCUT2D eigenvalue weighted by Crippen LogP contribution is -2.09. The summed E-state index contributed by atoms with van der Waals surface area (Å²) in [6.07, 6.45) is 5.09. The minimum Gasteiger partial charge on any atom is -0.299 e. The van der Waals surface area contributed by atoms with Crippen LogP contribution in [0.3, 0.4) is 0 Å². The number of halogens is 2. The number of benzene rings is 1. The zero-order valence-electron chi connectivity index (χ0n) is 9.72. The van der Waals surface area contributed by atoms with Gasteiger partial charge in [-0.05, 0) is 17.5 Å². The summed E-state index contributed by atoms with van der Waals surface area (Å²) < 4.78 is 26.3. The van der Waals surface area contributed by atoms with Gasteiger partial charge in [0.15, 0.2) is 11.6 Å². The van der Waals surface area contributed by atoms with Crippen molar-refractivity contribution in [3.63, 3.8) is 0 Å². The topological polar surface area (TPSA) is 17.1 Å². The summed E-state index contributed by atoms with van der Waals surface area (Å²) in [5, 5.41) is 0. The highest BCUT2D eigenvalue weighted by atomic mass is 19.2. The van der Waals surface area contributed by atoms with Gasteiger partial charge in [0, 0.05) is 12.8 Å². The Balaban J connectivity index is 1.95. The van der Waals surface area contributed by atoms with Gasteiger partial charge in [-0.1, -0.05) is 37.8 Å². The second-order valence-corrected chi connectivity index (χ2v) is 4.78. The summed E-state index contributed by atoms with van der Waals surface area (Å²) >= 11 is 0. The number of rotatable bonds is 4. The molecule has 0 aromatic heterocycles. The minimum absolute atomic E-state index is 0.0140. The molecule has 0 aliphatic heterocycles. The molecule has 1 aliphatic carbocycles. The van der Waals surface area contributed by atoms with Crippen LogP contribution in [0.5, 0.6) is 0 Å². The van der Waals surface area contributed by atoms with Crippen molar-refractivity contribution in [1.29, 1.82) is 0 Å². The lowest BCUT2D eigenvalue weighted by atomic mass is 9.97. The molecule has 0 heterocycles. The van der Waals surface area contributed by atoms with Crippen molar-refractivity contribution in [3.05, 3.63) is 35.4 Å². The smallest absolute Gasteiger partial charge is 0.162 e. The summed E-state index contributed by atoms with van der Waals surface area (Å²) in [5.41, 5.74) is 0.174. The van der Waals surface area contributed by atoms with E-state index in [1.807, 2.05) is 0 Å². The first kappa shape index (κ1) is 12.2. The van der Waals surface area contributed by atoms with Gasteiger partial charge in [-0.2, -0.15) is 0 Å². The number of hydrogen-bond acceptors (Lipinski definition) is 1. The number of hydrogen-bond donors (Lipinski definition) is 0. The zero-order chi connectivity index (χ0) is 12.3. The van der Waals surface area contributed by atoms with E-state index in [-0.39, 0.29) is 17.8 Å². The molecule has 0 atom stereocenters. The van der Waals surface area contributed by atoms with Gasteiger partial charge in [0.05, 0.1) is 0 Å². The number of Topliss-reactive ketones (excluding diaryl/α,β-unsaturated/α-hetero) is 1. The molecule has 0 radical (unpaired) electrons. The molecule has 1 aromatic rings. The number of carbonyl (C=O) groups is 1. The summed E-state index contributed by atoms with van der Waals surface area (Å²) in [4.78, 5) is 11.7. The Morgan fingerprint density at radius 2 is 1.94 bits per heavy atom. The number of carbonyl (C=O) groups excluding carboxylic acids is 1. The first-order valence-corrected chi connectivity index (χ1v) is 6.11. The van der Waals surface area contributed by atoms with Crippen LogP contribution in [0.15, 0.2) is 18.2 Å². The Labute approximate surface area is 99.8 Å². The van der Waals surface area contributed by atoms with Gasteiger partial charge < -0.3 is 0 Å². The average molecular weight is 238 g/mol. The van der Waals surface area contributed by atoms with E-state index in [2.05, 4.69) is 0 Å². The predicted molar refractivity (Wildman–Crippen MR) is 61.6 cm³/mol. The second-order valence-electron chi connectivity index (χ2n) is 4.78. The van der Waals surface area contributed by atoms with Crippen LogP contribution >= 0.6 is 0 Å². The predicted octanol–water partition coefficient (Wildman–Crippen LogP) is 3.66. The van der Waals surface area contributed by atoms with Crippen molar-refractivity contribution in [2.24, 2.45) is 5.92 Å². The Hall–Kier alpha value is -1.25. The van der Waals surface area contributed by atoms with Crippen LogP contribution in [0.25, 0.3) is 0 Å². The van der Waals surface area contributed by atoms with Crippen molar-refractivity contribution < 1.29 is 13.6 Å². The fraction of sp³-hybridized carbons (Fsp3) is 0.500. The summed E-state index contributed by atoms with van der Waals surface area (Å²) in [7, 11) is 0. The molecule has 1 saturated carbocycles. The monoisotopic (exact) mass is 238 g/mol. The molecule has 0 unspecified atom stereocenters. The van der Waals surface area contributed by atoms with Crippen molar-refractivity contribution in [3.8, 4) is 0 Å². The van der Waals surface area contributed by atoms with E-state index in [0.717, 1.165) is 18.9 Å². The summed E-state index contributed by atoms with van der Waals surface area (Å²) in [6.45, 7) is 0. The zero-order valence-corrected chi connectivity index (χ0v) is 9.72. The molecular weight excluding hydrogens is 222 g/mol. The molecule has 3 heteroatoms. The van der Waals surface area contributed by atoms with E-state index >= 15 is 0 Å². The van der Waals surface area contributed by atoms with Gasteiger partial charge in [-0.25, -0.2) is 8.78 Å². The highest BCUT2D eigenvalue weighted by molar-refractivity contribution is 5.81. The molecule has 1 aromatic carbocycles. The van der Waals surface area contributed by atoms with Crippen LogP contribution in [-0.2, 0) is 11.2 Å². The van der Waals surface area contributed by atoms with Crippen LogP contribution in [0.1, 0.15) is 37.7 Å². The highest BCUT2D eigenvalue weighted by Crippen LogP contribution is 2.28. The van der Waals surface area contributed by atoms with Crippen LogP contribution in [0.4, 0.5) is 8.78 Å². The van der Waals surface area contributed by atoms with E-state index < -0.39 is 11.6 Å². The van der Waals surface area contributed by atoms with Gasteiger partial charge in [0.1, 0.15) is 5.78 Å². The number of ketones is 1. The maximum absolute atomic E-state index is 13.3. The third-order valence-electron chi connectivity index (χ3n) is 3.41. The molecule has 0 bridgehead atoms. The largest absolute Gasteiger partial charge is 0.299 e. The van der Waals surface area contributed by atoms with Crippen molar-refractivity contribution in [2.45, 2.75) is 38.5 Å². The van der Waals surface area contributed by atoms with Gasteiger partial charge in [-0.15, -0.1) is 0 Å². The molecule has 0 saturated heterocycles. The maximum Gasteiger partial charge on any atom is 0.162 e. The first-order chi connectivity index (χ1) is 8.16. The fourth-order valence-electron chi connectivity index (χ4n) is 2.51. The molecule has 92 valence electrons. The standard InChI is InChI=1S/C14H16F2O/c15-13-7-3-6-11(14(13)16)9-12(17)8-10-4-1-2-5-10/h3,6-7,10H,1-2,4-5,8-9H2. The van der Waals surface area contributed by atoms with Gasteiger partial charge in [0.2, 0.25) is 0 Å². The van der Waals surface area contributed by atoms with E-state index in [9.17, 15) is 13.6 Å². The molecule has 1 nitrogen and oxygen atoms in total. The maximum atomic E-state index is 13.3. The minimum atomic E-state index is -0.882. The molecule has 0 spiro atoms. The Kier molecular flexibility index (Phi) is 3.87. The van der Waals surface area contributed by atoms with Crippen molar-refractivity contribution in [1.82, 2.24) is 0 Å². The lowest BCUT2D eigenvalue weighted by molar-refractivity contribution is -0.119. The molecule has 1 fully saturated rings. The summed E-state index contributed by atoms with van der Waals surface area (Å²) in [6, 6.07) is 3.99. The molecule has 17 heavy (non-hydrogen) atoms. The van der Waals surface area contributed by atoms with E-state index in [0.29, 0.717) is 12.3 Å². The third-order valence-corrected chi connectivity index (χ3v) is 3.41. The average Bonchev–Trinajstić information content (AvgIpc) is 2.77. The van der Waals surface area contributed by atoms with Crippen LogP contribution in [0, 0.1) is 17.6 Å². The highest BCUT2D eigenvalue weighted by Gasteiger charge is 2.19. The Morgan fingerprint density at radius 1 is 1.24 bits per heavy atom. The summed E-state index contributed by atoms with van der Waals surface area (Å²) in [5.74, 6) is -1.29. The van der Waals surface area contributed by atoms with Gasteiger partial charge in [0.25, 0.3) is 0 Å². The quantitative estimate of drug-likeness (QED) is 0.782. The molecule has 0 amide bonds. The van der Waals surface area contributed by atoms with E-state index in [4.69, 9.17) is 0 Å². The molecule has 1 aliphatic rings. The van der Waals surface area contributed by atoms with Crippen molar-refractivity contribution in [2.75, 3.05) is 0 Å². The molecule has 2 rings (SSSR count). The Morgan fingerprint density at radius 3 is 2.65 bits per heavy atom. The third kappa shape index (κ3) is 3.11. The lowest BCUT2D eigenvalue weighted by Gasteiger charge is -2.08. The Bertz CT molecular complexity index is 409. The van der Waals surface area contributed by atoms with Crippen LogP contribution in [-0.4, -0.2) is 5.78 Å². The van der Waals surface area contributed by atoms with Crippen LogP contribution in [0.2, 0.25) is 0 Å². The fourth-order valence-corrected chi connectivity index (χ4v) is 2.51. The van der Waals surface area contributed by atoms with E-state index in [1.54, 1.807) is 0 Å². The van der Waals surface area contributed by atoms with Crippen LogP contribution < -0.4 is 0 Å². The molecule has 0 N–H and O–H groups in total. The second kappa shape index (κ2) is 5.39. The van der Waals surface area contributed by atoms with Crippen molar-refractivity contribution >= 4 is 5.78 Å².